The molecule has 1 aliphatic heterocycles. The highest BCUT2D eigenvalue weighted by molar-refractivity contribution is 7.99. The average Bonchev–Trinajstić information content (AvgIpc) is 4.23. The quantitative estimate of drug-likeness (QED) is 0.0171. The van der Waals surface area contributed by atoms with Crippen LogP contribution in [-0.2, 0) is 25.6 Å². The van der Waals surface area contributed by atoms with Crippen molar-refractivity contribution >= 4 is 96.9 Å². The molecule has 0 atom stereocenters. The van der Waals surface area contributed by atoms with Crippen molar-refractivity contribution in [2.45, 2.75) is 51.4 Å². The zero-order chi connectivity index (χ0) is 51.9. The lowest BCUT2D eigenvalue weighted by atomic mass is 10.1. The zero-order valence-electron chi connectivity index (χ0n) is 40.7. The van der Waals surface area contributed by atoms with E-state index in [-0.39, 0.29) is 37.9 Å². The van der Waals surface area contributed by atoms with E-state index < -0.39 is 23.5 Å². The van der Waals surface area contributed by atoms with Gasteiger partial charge in [0.25, 0.3) is 11.8 Å². The normalized spacial score (nSPS) is 12.8. The molecule has 74 heavy (non-hydrogen) atoms. The molecule has 0 bridgehead atoms. The molecule has 380 valence electrons. The van der Waals surface area contributed by atoms with Crippen LogP contribution in [0.3, 0.4) is 0 Å². The summed E-state index contributed by atoms with van der Waals surface area (Å²) < 4.78 is 12.6. The van der Waals surface area contributed by atoms with Gasteiger partial charge in [0.1, 0.15) is 16.2 Å². The maximum atomic E-state index is 13.7. The van der Waals surface area contributed by atoms with Gasteiger partial charge in [0.15, 0.2) is 27.8 Å². The molecule has 0 saturated heterocycles. The summed E-state index contributed by atoms with van der Waals surface area (Å²) in [4.78, 5) is 69.8. The summed E-state index contributed by atoms with van der Waals surface area (Å²) in [6, 6.07) is 26.3. The van der Waals surface area contributed by atoms with E-state index in [1.165, 1.54) is 34.3 Å². The maximum Gasteiger partial charge on any atom is 0.407 e. The number of thioether (sulfide) groups is 1. The monoisotopic (exact) mass is 1050 g/mol. The van der Waals surface area contributed by atoms with Gasteiger partial charge in [-0.25, -0.2) is 29.4 Å². The third-order valence-electron chi connectivity index (χ3n) is 10.1. The molecule has 0 unspecified atom stereocenters. The van der Waals surface area contributed by atoms with Crippen LogP contribution in [0.5, 0.6) is 0 Å². The van der Waals surface area contributed by atoms with Gasteiger partial charge in [-0.3, -0.25) is 19.8 Å². The zero-order valence-corrected chi connectivity index (χ0v) is 43.2. The molecule has 0 saturated carbocycles. The molecular weight excluding hydrogens is 1000 g/mol. The number of nitrogens with zero attached hydrogens (tertiary/aromatic N) is 10. The fourth-order valence-corrected chi connectivity index (χ4v) is 8.89. The first kappa shape index (κ1) is 52.2. The Kier molecular flexibility index (Phi) is 17.7. The molecular formula is C50H51N15O6S3. The topological polar surface area (TPSA) is 257 Å². The number of rotatable bonds is 21. The predicted molar refractivity (Wildman–Crippen MR) is 287 cm³/mol. The van der Waals surface area contributed by atoms with Gasteiger partial charge in [-0.15, -0.1) is 16.4 Å². The van der Waals surface area contributed by atoms with Gasteiger partial charge in [0, 0.05) is 59.9 Å². The second kappa shape index (κ2) is 25.0. The number of ether oxygens (including phenoxy) is 2. The van der Waals surface area contributed by atoms with E-state index in [2.05, 4.69) is 80.9 Å². The van der Waals surface area contributed by atoms with Crippen LogP contribution in [0.1, 0.15) is 60.5 Å². The summed E-state index contributed by atoms with van der Waals surface area (Å²) in [6.07, 6.45) is 1.86. The molecule has 0 radical (unpaired) electrons. The van der Waals surface area contributed by atoms with Gasteiger partial charge in [-0.2, -0.15) is 15.2 Å². The number of amides is 4. The average molecular weight is 1050 g/mol. The first-order valence-electron chi connectivity index (χ1n) is 23.4. The number of alkyl carbamates (subject to hydrolysis) is 1. The number of nitrogens with one attached hydrogen (secondary N) is 5. The van der Waals surface area contributed by atoms with Crippen molar-refractivity contribution in [2.24, 2.45) is 10.2 Å². The number of hydrogen-bond acceptors (Lipinski definition) is 19. The summed E-state index contributed by atoms with van der Waals surface area (Å²) in [5.74, 6) is 5.55. The molecule has 1 aliphatic rings. The predicted octanol–water partition coefficient (Wildman–Crippen LogP) is 6.42. The Balaban J connectivity index is 0.754. The summed E-state index contributed by atoms with van der Waals surface area (Å²) >= 11 is 3.90. The second-order valence-corrected chi connectivity index (χ2v) is 19.9. The third kappa shape index (κ3) is 14.3. The van der Waals surface area contributed by atoms with E-state index in [0.29, 0.717) is 73.8 Å². The van der Waals surface area contributed by atoms with Crippen LogP contribution in [0.2, 0.25) is 0 Å². The van der Waals surface area contributed by atoms with Gasteiger partial charge in [0.05, 0.1) is 31.6 Å². The molecule has 4 aromatic heterocycles. The van der Waals surface area contributed by atoms with Crippen molar-refractivity contribution in [1.29, 1.82) is 0 Å². The number of anilines is 3. The minimum absolute atomic E-state index is 0.0665. The highest BCUT2D eigenvalue weighted by Crippen LogP contribution is 2.31. The van der Waals surface area contributed by atoms with Crippen molar-refractivity contribution in [1.82, 2.24) is 50.9 Å². The molecule has 5 N–H and O–H groups in total. The van der Waals surface area contributed by atoms with E-state index in [1.54, 1.807) is 25.5 Å². The first-order chi connectivity index (χ1) is 35.9. The number of aromatic nitrogens is 7. The molecule has 0 fully saturated rings. The number of carbonyl (C=O) groups excluding carboxylic acids is 4. The molecule has 21 nitrogen and oxygen atoms in total. The molecule has 5 heterocycles. The fourth-order valence-electron chi connectivity index (χ4n) is 6.74. The van der Waals surface area contributed by atoms with Gasteiger partial charge in [-0.05, 0) is 44.9 Å². The molecule has 8 rings (SSSR count). The van der Waals surface area contributed by atoms with Gasteiger partial charge in [0.2, 0.25) is 10.3 Å². The summed E-state index contributed by atoms with van der Waals surface area (Å²) in [7, 11) is 0. The minimum atomic E-state index is -0.594. The van der Waals surface area contributed by atoms with Crippen LogP contribution in [0.25, 0.3) is 22.4 Å². The number of fused-ring (bicyclic) bond motifs is 1. The number of thiazole rings is 2. The Morgan fingerprint density at radius 3 is 2.35 bits per heavy atom. The smallest absolute Gasteiger partial charge is 0.407 e. The van der Waals surface area contributed by atoms with E-state index >= 15 is 0 Å². The van der Waals surface area contributed by atoms with Crippen molar-refractivity contribution in [3.63, 3.8) is 0 Å². The Morgan fingerprint density at radius 2 is 1.61 bits per heavy atom. The number of benzene rings is 3. The first-order valence-corrected chi connectivity index (χ1v) is 26.1. The standard InChI is InChI=1S/C50H51N15O6S3/c1-5-28-72-47-57-42(52-22-23-54-49(69)71-50(2,3)4)41-43(58-47)64(63-60-41)30-33-18-16-32(17-19-33)20-21-38(66)51-24-26-70-27-25-53-44(67)37-29-55-46(74-37)61-59-40-39(35-14-10-7-11-15-35)62-65(45(40)68)48-56-36(31-73-48)34-12-8-6-9-13-34/h6-19,29,31H,5,22-28,30H2,1-4H3,(H,51,66)(H,53,67)(H,54,69)(H,55,61)(H,52,57,58)/b59-40+. The molecule has 7 aromatic rings. The molecule has 24 heteroatoms. The SMILES string of the molecule is CCCSc1nc(NCCNC(=O)OC(C)(C)C)c2nnn(Cc3ccc(C#CC(=O)NCCOCCNC(=O)c4cnc(N/N=C5/C(=O)N(c6nc(-c7ccccc7)cs6)N=C5c5ccccc5)s4)cc3)c2n1. The lowest BCUT2D eigenvalue weighted by Gasteiger charge is -2.19. The summed E-state index contributed by atoms with van der Waals surface area (Å²) in [5, 5.41) is 33.6. The van der Waals surface area contributed by atoms with Crippen LogP contribution < -0.4 is 31.7 Å². The molecule has 4 amide bonds. The summed E-state index contributed by atoms with van der Waals surface area (Å²) in [5.41, 5.74) is 7.64. The fraction of sp³-hybridized carbons (Fsp3) is 0.280. The van der Waals surface area contributed by atoms with Crippen LogP contribution in [0.15, 0.2) is 112 Å². The van der Waals surface area contributed by atoms with Crippen LogP contribution in [0.4, 0.5) is 20.9 Å². The lowest BCUT2D eigenvalue weighted by molar-refractivity contribution is -0.116. The van der Waals surface area contributed by atoms with Crippen molar-refractivity contribution in [3.05, 3.63) is 118 Å². The largest absolute Gasteiger partial charge is 0.444 e. The summed E-state index contributed by atoms with van der Waals surface area (Å²) in [6.45, 7) is 9.42. The van der Waals surface area contributed by atoms with E-state index in [0.717, 1.165) is 40.3 Å². The van der Waals surface area contributed by atoms with Crippen LogP contribution in [-0.4, -0.2) is 121 Å². The molecule has 3 aromatic carbocycles. The Bertz CT molecular complexity index is 3220. The van der Waals surface area contributed by atoms with E-state index in [1.807, 2.05) is 90.3 Å². The third-order valence-corrected chi connectivity index (χ3v) is 12.9. The maximum absolute atomic E-state index is 13.7. The Hall–Kier alpha value is -8.11. The van der Waals surface area contributed by atoms with Gasteiger partial charge in [-0.1, -0.05) is 114 Å². The van der Waals surface area contributed by atoms with Crippen LogP contribution in [0, 0.1) is 11.8 Å². The molecule has 0 aliphatic carbocycles. The Labute approximate surface area is 438 Å². The lowest BCUT2D eigenvalue weighted by Crippen LogP contribution is -2.35. The highest BCUT2D eigenvalue weighted by Gasteiger charge is 2.36. The number of hydrazone groups is 2. The van der Waals surface area contributed by atoms with E-state index in [4.69, 9.17) is 14.5 Å². The van der Waals surface area contributed by atoms with Crippen molar-refractivity contribution in [2.75, 3.05) is 60.9 Å². The molecule has 0 spiro atoms. The number of carbonyl (C=O) groups is 4. The van der Waals surface area contributed by atoms with E-state index in [9.17, 15) is 19.2 Å². The number of hydrogen-bond donors (Lipinski definition) is 5. The van der Waals surface area contributed by atoms with Crippen molar-refractivity contribution in [3.8, 4) is 23.1 Å². The van der Waals surface area contributed by atoms with Crippen LogP contribution >= 0.6 is 34.4 Å². The van der Waals surface area contributed by atoms with Gasteiger partial charge < -0.3 is 30.7 Å². The van der Waals surface area contributed by atoms with Crippen molar-refractivity contribution < 1.29 is 28.7 Å². The second-order valence-electron chi connectivity index (χ2n) is 17.0. The highest BCUT2D eigenvalue weighted by atomic mass is 32.2. The Morgan fingerprint density at radius 1 is 0.865 bits per heavy atom. The minimum Gasteiger partial charge on any atom is -0.444 e. The van der Waals surface area contributed by atoms with Gasteiger partial charge >= 0.3 is 12.0 Å².